The van der Waals surface area contributed by atoms with Crippen LogP contribution >= 0.6 is 11.6 Å². The highest BCUT2D eigenvalue weighted by Crippen LogP contribution is 2.38. The number of amides is 1. The summed E-state index contributed by atoms with van der Waals surface area (Å²) in [6, 6.07) is 12.5. The zero-order valence-electron chi connectivity index (χ0n) is 20.7. The molecule has 4 aromatic rings. The molecule has 10 heteroatoms. The van der Waals surface area contributed by atoms with Gasteiger partial charge < -0.3 is 20.1 Å². The van der Waals surface area contributed by atoms with Crippen LogP contribution in [0.25, 0.3) is 22.2 Å². The smallest absolute Gasteiger partial charge is 0.260 e. The molecule has 2 aromatic carbocycles. The number of halogens is 1. The van der Waals surface area contributed by atoms with Crippen molar-refractivity contribution in [1.29, 1.82) is 0 Å². The van der Waals surface area contributed by atoms with E-state index < -0.39 is 0 Å². The summed E-state index contributed by atoms with van der Waals surface area (Å²) in [6.45, 7) is 3.80. The molecule has 0 bridgehead atoms. The number of carbonyl (C=O) groups excluding carboxylic acids is 1. The van der Waals surface area contributed by atoms with Gasteiger partial charge in [0.1, 0.15) is 17.1 Å². The van der Waals surface area contributed by atoms with E-state index in [-0.39, 0.29) is 11.5 Å². The first-order chi connectivity index (χ1) is 17.9. The van der Waals surface area contributed by atoms with Crippen LogP contribution in [0.1, 0.15) is 5.56 Å². The van der Waals surface area contributed by atoms with E-state index in [1.54, 1.807) is 48.1 Å². The van der Waals surface area contributed by atoms with Gasteiger partial charge in [0.2, 0.25) is 11.9 Å². The first-order valence-corrected chi connectivity index (χ1v) is 11.8. The number of anilines is 2. The molecule has 2 aromatic heterocycles. The summed E-state index contributed by atoms with van der Waals surface area (Å²) in [5.74, 6) is 1.02. The van der Waals surface area contributed by atoms with Crippen molar-refractivity contribution < 1.29 is 14.3 Å². The molecule has 0 aliphatic heterocycles. The molecule has 0 atom stereocenters. The zero-order chi connectivity index (χ0) is 26.5. The third kappa shape index (κ3) is 5.41. The van der Waals surface area contributed by atoms with Crippen molar-refractivity contribution >= 4 is 40.2 Å². The average molecular weight is 520 g/mol. The van der Waals surface area contributed by atoms with E-state index in [2.05, 4.69) is 27.2 Å². The predicted octanol–water partition coefficient (Wildman–Crippen LogP) is 4.54. The van der Waals surface area contributed by atoms with Crippen LogP contribution < -0.4 is 25.7 Å². The van der Waals surface area contributed by atoms with Gasteiger partial charge >= 0.3 is 0 Å². The molecule has 2 N–H and O–H groups in total. The molecule has 0 unspecified atom stereocenters. The van der Waals surface area contributed by atoms with Crippen molar-refractivity contribution in [3.8, 4) is 22.6 Å². The number of ether oxygens (including phenoxy) is 2. The monoisotopic (exact) mass is 519 g/mol. The summed E-state index contributed by atoms with van der Waals surface area (Å²) >= 11 is 6.62. The van der Waals surface area contributed by atoms with Gasteiger partial charge in [0.05, 0.1) is 19.2 Å². The Balaban J connectivity index is 1.79. The Bertz CT molecular complexity index is 1530. The van der Waals surface area contributed by atoms with Crippen LogP contribution in [-0.2, 0) is 17.8 Å². The fourth-order valence-electron chi connectivity index (χ4n) is 3.90. The number of aromatic nitrogens is 3. The summed E-state index contributed by atoms with van der Waals surface area (Å²) in [6.07, 6.45) is 3.42. The quantitative estimate of drug-likeness (QED) is 0.313. The van der Waals surface area contributed by atoms with Crippen molar-refractivity contribution in [2.75, 3.05) is 31.9 Å². The van der Waals surface area contributed by atoms with E-state index in [0.29, 0.717) is 63.3 Å². The molecule has 37 heavy (non-hydrogen) atoms. The topological polar surface area (TPSA) is 107 Å². The minimum absolute atomic E-state index is 0.264. The number of hydrogen-bond acceptors (Lipinski definition) is 7. The van der Waals surface area contributed by atoms with E-state index in [1.165, 1.54) is 20.3 Å². The second kappa shape index (κ2) is 11.1. The number of hydrogen-bond donors (Lipinski definition) is 2. The van der Waals surface area contributed by atoms with Gasteiger partial charge in [-0.1, -0.05) is 30.3 Å². The van der Waals surface area contributed by atoms with Gasteiger partial charge in [-0.15, -0.1) is 0 Å². The van der Waals surface area contributed by atoms with Gasteiger partial charge in [-0.25, -0.2) is 4.98 Å². The number of nitrogens with zero attached hydrogens (tertiary/aromatic N) is 3. The number of fused-ring (bicyclic) bond motifs is 1. The fourth-order valence-corrected chi connectivity index (χ4v) is 4.19. The third-order valence-corrected chi connectivity index (χ3v) is 6.23. The summed E-state index contributed by atoms with van der Waals surface area (Å²) in [4.78, 5) is 34.3. The largest absolute Gasteiger partial charge is 0.497 e. The maximum Gasteiger partial charge on any atom is 0.260 e. The Hall–Kier alpha value is -4.37. The lowest BCUT2D eigenvalue weighted by Gasteiger charge is -2.16. The zero-order valence-corrected chi connectivity index (χ0v) is 21.4. The molecule has 2 heterocycles. The molecule has 0 radical (unpaired) electrons. The fraction of sp³-hybridized carbons (Fsp3) is 0.185. The Labute approximate surface area is 218 Å². The highest BCUT2D eigenvalue weighted by atomic mass is 35.5. The first-order valence-electron chi connectivity index (χ1n) is 11.4. The lowest BCUT2D eigenvalue weighted by molar-refractivity contribution is -0.111. The number of benzene rings is 2. The molecule has 4 rings (SSSR count). The Morgan fingerprint density at radius 3 is 2.54 bits per heavy atom. The van der Waals surface area contributed by atoms with Gasteiger partial charge in [-0.05, 0) is 42.3 Å². The second-order valence-corrected chi connectivity index (χ2v) is 8.45. The van der Waals surface area contributed by atoms with Crippen molar-refractivity contribution in [3.63, 3.8) is 0 Å². The minimum Gasteiger partial charge on any atom is -0.497 e. The molecule has 0 saturated carbocycles. The predicted molar refractivity (Wildman–Crippen MR) is 146 cm³/mol. The molecular weight excluding hydrogens is 494 g/mol. The van der Waals surface area contributed by atoms with Crippen molar-refractivity contribution in [3.05, 3.63) is 82.3 Å². The number of aryl methyl sites for hydroxylation is 2. The number of nitrogens with one attached hydrogen (secondary N) is 2. The summed E-state index contributed by atoms with van der Waals surface area (Å²) in [5.41, 5.74) is 2.73. The summed E-state index contributed by atoms with van der Waals surface area (Å²) in [7, 11) is 4.75. The number of methoxy groups -OCH3 is 2. The van der Waals surface area contributed by atoms with Crippen molar-refractivity contribution in [2.24, 2.45) is 0 Å². The summed E-state index contributed by atoms with van der Waals surface area (Å²) in [5, 5.41) is 6.61. The SMILES string of the molecule is C=CC(=O)Nc1ccc(CCn2c(=O)c(-c3cc(OC)cc(OC)c3Cl)cc3cnc(NC)nc32)cc1. The number of rotatable bonds is 9. The standard InChI is InChI=1S/C27H26ClN5O4/c1-5-23(34)31-18-8-6-16(7-9-18)10-11-33-25-17(15-30-27(29-2)32-25)12-21(26(33)35)20-13-19(36-3)14-22(37-4)24(20)28/h5-9,12-15H,1,10-11H2,2-4H3,(H,31,34)(H,29,30,32). The van der Waals surface area contributed by atoms with Crippen LogP contribution in [0.15, 0.2) is 66.1 Å². The molecular formula is C27H26ClN5O4. The number of pyridine rings is 1. The van der Waals surface area contributed by atoms with Crippen molar-refractivity contribution in [1.82, 2.24) is 14.5 Å². The Morgan fingerprint density at radius 1 is 1.14 bits per heavy atom. The van der Waals surface area contributed by atoms with E-state index in [4.69, 9.17) is 21.1 Å². The van der Waals surface area contributed by atoms with Gasteiger partial charge in [0, 0.05) is 48.1 Å². The van der Waals surface area contributed by atoms with Crippen LogP contribution in [-0.4, -0.2) is 41.7 Å². The lowest BCUT2D eigenvalue weighted by atomic mass is 10.0. The van der Waals surface area contributed by atoms with E-state index in [1.807, 2.05) is 12.1 Å². The van der Waals surface area contributed by atoms with Crippen molar-refractivity contribution in [2.45, 2.75) is 13.0 Å². The van der Waals surface area contributed by atoms with E-state index >= 15 is 0 Å². The van der Waals surface area contributed by atoms with Crippen LogP contribution in [0.4, 0.5) is 11.6 Å². The van der Waals surface area contributed by atoms with E-state index in [9.17, 15) is 9.59 Å². The van der Waals surface area contributed by atoms with Gasteiger partial charge in [-0.2, -0.15) is 4.98 Å². The highest BCUT2D eigenvalue weighted by Gasteiger charge is 2.19. The highest BCUT2D eigenvalue weighted by molar-refractivity contribution is 6.35. The third-order valence-electron chi connectivity index (χ3n) is 5.84. The molecule has 0 aliphatic rings. The Kier molecular flexibility index (Phi) is 7.74. The second-order valence-electron chi connectivity index (χ2n) is 8.07. The van der Waals surface area contributed by atoms with Crippen LogP contribution in [0.2, 0.25) is 5.02 Å². The lowest BCUT2D eigenvalue weighted by Crippen LogP contribution is -2.24. The summed E-state index contributed by atoms with van der Waals surface area (Å²) < 4.78 is 12.4. The van der Waals surface area contributed by atoms with Crippen LogP contribution in [0.5, 0.6) is 11.5 Å². The van der Waals surface area contributed by atoms with E-state index in [0.717, 1.165) is 5.56 Å². The maximum atomic E-state index is 13.8. The molecule has 190 valence electrons. The maximum absolute atomic E-state index is 13.8. The molecule has 0 fully saturated rings. The molecule has 9 nitrogen and oxygen atoms in total. The minimum atomic E-state index is -0.282. The first kappa shape index (κ1) is 25.7. The molecule has 0 spiro atoms. The average Bonchev–Trinajstić information content (AvgIpc) is 2.93. The van der Waals surface area contributed by atoms with Crippen LogP contribution in [0.3, 0.4) is 0 Å². The number of carbonyl (C=O) groups is 1. The van der Waals surface area contributed by atoms with Gasteiger partial charge in [0.25, 0.3) is 5.56 Å². The van der Waals surface area contributed by atoms with Crippen LogP contribution in [0, 0.1) is 0 Å². The Morgan fingerprint density at radius 2 is 1.89 bits per heavy atom. The normalized spacial score (nSPS) is 10.7. The van der Waals surface area contributed by atoms with Gasteiger partial charge in [-0.3, -0.25) is 14.2 Å². The van der Waals surface area contributed by atoms with Gasteiger partial charge in [0.15, 0.2) is 0 Å². The molecule has 0 saturated heterocycles. The molecule has 1 amide bonds. The molecule has 0 aliphatic carbocycles.